The van der Waals surface area contributed by atoms with Crippen molar-refractivity contribution in [3.05, 3.63) is 47.7 Å². The van der Waals surface area contributed by atoms with Gasteiger partial charge in [0.1, 0.15) is 6.26 Å². The molecular formula is C17H18N4O4. The number of nitrogens with one attached hydrogen (secondary N) is 1. The molecule has 2 amide bonds. The highest BCUT2D eigenvalue weighted by Crippen LogP contribution is 2.13. The molecule has 1 N–H and O–H groups in total. The lowest BCUT2D eigenvalue weighted by Gasteiger charge is -2.21. The van der Waals surface area contributed by atoms with Crippen LogP contribution in [0.3, 0.4) is 0 Å². The molecule has 1 aromatic heterocycles. The summed E-state index contributed by atoms with van der Waals surface area (Å²) < 4.78 is 9.79. The molecule has 130 valence electrons. The maximum atomic E-state index is 12.5. The zero-order valence-corrected chi connectivity index (χ0v) is 14.0. The first-order chi connectivity index (χ1) is 12.1. The maximum absolute atomic E-state index is 12.5. The second-order valence-corrected chi connectivity index (χ2v) is 5.16. The number of nitriles is 1. The predicted octanol–water partition coefficient (Wildman–Crippen LogP) is 2.78. The zero-order chi connectivity index (χ0) is 18.2. The molecule has 0 spiro atoms. The number of nitrogens with zero attached hydrogens (tertiary/aromatic N) is 3. The Kier molecular flexibility index (Phi) is 6.12. The quantitative estimate of drug-likeness (QED) is 0.809. The number of amides is 2. The van der Waals surface area contributed by atoms with Gasteiger partial charge >= 0.3 is 12.0 Å². The topological polar surface area (TPSA) is 108 Å². The van der Waals surface area contributed by atoms with E-state index in [1.807, 2.05) is 13.0 Å². The molecule has 0 aliphatic heterocycles. The third-order valence-electron chi connectivity index (χ3n) is 3.30. The molecule has 2 aromatic rings. The van der Waals surface area contributed by atoms with Gasteiger partial charge < -0.3 is 19.4 Å². The fourth-order valence-electron chi connectivity index (χ4n) is 2.14. The third-order valence-corrected chi connectivity index (χ3v) is 3.30. The summed E-state index contributed by atoms with van der Waals surface area (Å²) in [7, 11) is 1.25. The predicted molar refractivity (Wildman–Crippen MR) is 88.7 cm³/mol. The molecule has 0 fully saturated rings. The minimum atomic E-state index is -0.602. The van der Waals surface area contributed by atoms with Crippen molar-refractivity contribution in [2.75, 3.05) is 19.0 Å². The molecule has 8 nitrogen and oxygen atoms in total. The SMILES string of the molecule is CCCN(Cc1nc(C(=O)OC)co1)C(=O)Nc1cccc(C#N)c1. The van der Waals surface area contributed by atoms with Crippen molar-refractivity contribution < 1.29 is 18.7 Å². The number of carbonyl (C=O) groups is 2. The average Bonchev–Trinajstić information content (AvgIpc) is 3.09. The van der Waals surface area contributed by atoms with Crippen molar-refractivity contribution in [3.8, 4) is 6.07 Å². The number of esters is 1. The Morgan fingerprint density at radius 3 is 2.92 bits per heavy atom. The zero-order valence-electron chi connectivity index (χ0n) is 14.0. The highest BCUT2D eigenvalue weighted by Gasteiger charge is 2.18. The van der Waals surface area contributed by atoms with Crippen molar-refractivity contribution in [1.82, 2.24) is 9.88 Å². The molecule has 0 bridgehead atoms. The summed E-state index contributed by atoms with van der Waals surface area (Å²) in [5, 5.41) is 11.7. The highest BCUT2D eigenvalue weighted by atomic mass is 16.5. The van der Waals surface area contributed by atoms with Gasteiger partial charge in [-0.2, -0.15) is 5.26 Å². The Balaban J connectivity index is 2.08. The Morgan fingerprint density at radius 2 is 2.24 bits per heavy atom. The first-order valence-corrected chi connectivity index (χ1v) is 7.66. The van der Waals surface area contributed by atoms with Crippen LogP contribution in [-0.4, -0.2) is 35.5 Å². The normalized spacial score (nSPS) is 9.96. The summed E-state index contributed by atoms with van der Waals surface area (Å²) in [5.41, 5.74) is 1.03. The van der Waals surface area contributed by atoms with Gasteiger partial charge in [0, 0.05) is 12.2 Å². The molecule has 0 aliphatic carbocycles. The van der Waals surface area contributed by atoms with Gasteiger partial charge in [0.05, 0.1) is 25.3 Å². The lowest BCUT2D eigenvalue weighted by atomic mass is 10.2. The summed E-state index contributed by atoms with van der Waals surface area (Å²) in [4.78, 5) is 29.4. The molecule has 0 radical (unpaired) electrons. The number of rotatable bonds is 6. The molecule has 0 unspecified atom stereocenters. The summed E-state index contributed by atoms with van der Waals surface area (Å²) in [6.45, 7) is 2.51. The van der Waals surface area contributed by atoms with E-state index >= 15 is 0 Å². The van der Waals surface area contributed by atoms with Gasteiger partial charge in [0.2, 0.25) is 5.89 Å². The first kappa shape index (κ1) is 18.0. The third kappa shape index (κ3) is 4.81. The Labute approximate surface area is 145 Å². The molecule has 0 atom stereocenters. The first-order valence-electron chi connectivity index (χ1n) is 7.66. The van der Waals surface area contributed by atoms with E-state index in [9.17, 15) is 9.59 Å². The van der Waals surface area contributed by atoms with Gasteiger partial charge in [-0.1, -0.05) is 13.0 Å². The molecular weight excluding hydrogens is 324 g/mol. The molecule has 0 aliphatic rings. The Morgan fingerprint density at radius 1 is 1.44 bits per heavy atom. The molecule has 2 rings (SSSR count). The van der Waals surface area contributed by atoms with Crippen molar-refractivity contribution >= 4 is 17.7 Å². The number of ether oxygens (including phenoxy) is 1. The summed E-state index contributed by atoms with van der Waals surface area (Å²) in [5.74, 6) is -0.371. The van der Waals surface area contributed by atoms with Crippen LogP contribution in [0.4, 0.5) is 10.5 Å². The molecule has 1 aromatic carbocycles. The van der Waals surface area contributed by atoms with Gasteiger partial charge in [-0.05, 0) is 24.6 Å². The smallest absolute Gasteiger partial charge is 0.360 e. The second kappa shape index (κ2) is 8.49. The Hall–Kier alpha value is -3.34. The highest BCUT2D eigenvalue weighted by molar-refractivity contribution is 5.89. The van der Waals surface area contributed by atoms with E-state index < -0.39 is 5.97 Å². The number of carbonyl (C=O) groups excluding carboxylic acids is 2. The minimum Gasteiger partial charge on any atom is -0.464 e. The number of hydrogen-bond donors (Lipinski definition) is 1. The van der Waals surface area contributed by atoms with E-state index in [-0.39, 0.29) is 24.2 Å². The monoisotopic (exact) mass is 342 g/mol. The van der Waals surface area contributed by atoms with Crippen LogP contribution in [0, 0.1) is 11.3 Å². The lowest BCUT2D eigenvalue weighted by Crippen LogP contribution is -2.35. The number of methoxy groups -OCH3 is 1. The van der Waals surface area contributed by atoms with Gasteiger partial charge in [0.25, 0.3) is 0 Å². The number of oxazole rings is 1. The molecule has 8 heteroatoms. The average molecular weight is 342 g/mol. The van der Waals surface area contributed by atoms with E-state index in [1.165, 1.54) is 18.3 Å². The number of urea groups is 1. The van der Waals surface area contributed by atoms with Crippen LogP contribution in [0.5, 0.6) is 0 Å². The number of anilines is 1. The van der Waals surface area contributed by atoms with Crippen LogP contribution in [0.2, 0.25) is 0 Å². The van der Waals surface area contributed by atoms with E-state index in [0.29, 0.717) is 17.8 Å². The second-order valence-electron chi connectivity index (χ2n) is 5.16. The van der Waals surface area contributed by atoms with Gasteiger partial charge in [-0.15, -0.1) is 0 Å². The van der Waals surface area contributed by atoms with Gasteiger partial charge in [0.15, 0.2) is 5.69 Å². The number of aromatic nitrogens is 1. The van der Waals surface area contributed by atoms with Crippen molar-refractivity contribution in [1.29, 1.82) is 5.26 Å². The van der Waals surface area contributed by atoms with Crippen LogP contribution >= 0.6 is 0 Å². The fourth-order valence-corrected chi connectivity index (χ4v) is 2.14. The lowest BCUT2D eigenvalue weighted by molar-refractivity contribution is 0.0594. The van der Waals surface area contributed by atoms with Crippen molar-refractivity contribution in [3.63, 3.8) is 0 Å². The molecule has 0 saturated carbocycles. The maximum Gasteiger partial charge on any atom is 0.360 e. The minimum absolute atomic E-state index is 0.0519. The molecule has 25 heavy (non-hydrogen) atoms. The largest absolute Gasteiger partial charge is 0.464 e. The standard InChI is InChI=1S/C17H18N4O4/c1-3-7-21(10-15-20-14(11-25-15)16(22)24-2)17(23)19-13-6-4-5-12(8-13)9-18/h4-6,8,11H,3,7,10H2,1-2H3,(H,19,23). The van der Waals surface area contributed by atoms with Gasteiger partial charge in [-0.3, -0.25) is 0 Å². The van der Waals surface area contributed by atoms with E-state index in [2.05, 4.69) is 15.0 Å². The van der Waals surface area contributed by atoms with Crippen molar-refractivity contribution in [2.24, 2.45) is 0 Å². The van der Waals surface area contributed by atoms with E-state index in [1.54, 1.807) is 24.3 Å². The van der Waals surface area contributed by atoms with E-state index in [0.717, 1.165) is 6.42 Å². The number of hydrogen-bond acceptors (Lipinski definition) is 6. The van der Waals surface area contributed by atoms with Crippen LogP contribution < -0.4 is 5.32 Å². The van der Waals surface area contributed by atoms with Crippen LogP contribution in [0.25, 0.3) is 0 Å². The fraction of sp³-hybridized carbons (Fsp3) is 0.294. The van der Waals surface area contributed by atoms with Crippen LogP contribution in [0.15, 0.2) is 34.9 Å². The molecule has 0 saturated heterocycles. The van der Waals surface area contributed by atoms with Crippen molar-refractivity contribution in [2.45, 2.75) is 19.9 Å². The summed E-state index contributed by atoms with van der Waals surface area (Å²) in [6.07, 6.45) is 1.93. The summed E-state index contributed by atoms with van der Waals surface area (Å²) >= 11 is 0. The van der Waals surface area contributed by atoms with Crippen LogP contribution in [-0.2, 0) is 11.3 Å². The van der Waals surface area contributed by atoms with Gasteiger partial charge in [-0.25, -0.2) is 14.6 Å². The Bertz CT molecular complexity index is 794. The van der Waals surface area contributed by atoms with Crippen LogP contribution in [0.1, 0.15) is 35.3 Å². The van der Waals surface area contributed by atoms with E-state index in [4.69, 9.17) is 9.68 Å². The number of benzene rings is 1. The molecule has 1 heterocycles. The summed E-state index contributed by atoms with van der Waals surface area (Å²) in [6, 6.07) is 8.29.